The van der Waals surface area contributed by atoms with Crippen LogP contribution in [0.25, 0.3) is 11.1 Å². The maximum absolute atomic E-state index is 11.6. The first kappa shape index (κ1) is 10.6. The Balaban J connectivity index is 2.85. The number of hydrogen-bond donors (Lipinski definition) is 0. The Kier molecular flexibility index (Phi) is 2.56. The molecular formula is C11H9BrO2S. The molecule has 15 heavy (non-hydrogen) atoms. The van der Waals surface area contributed by atoms with E-state index < -0.39 is 9.84 Å². The zero-order valence-electron chi connectivity index (χ0n) is 8.07. The molecular weight excluding hydrogens is 276 g/mol. The highest BCUT2D eigenvalue weighted by atomic mass is 79.9. The molecule has 0 atom stereocenters. The van der Waals surface area contributed by atoms with Crippen molar-refractivity contribution in [1.29, 1.82) is 0 Å². The topological polar surface area (TPSA) is 34.1 Å². The second-order valence-corrected chi connectivity index (χ2v) is 6.29. The van der Waals surface area contributed by atoms with E-state index in [1.807, 2.05) is 24.3 Å². The van der Waals surface area contributed by atoms with Crippen molar-refractivity contribution in [2.24, 2.45) is 0 Å². The van der Waals surface area contributed by atoms with Crippen LogP contribution in [0.1, 0.15) is 0 Å². The Bertz CT molecular complexity index is 575. The van der Waals surface area contributed by atoms with Crippen molar-refractivity contribution in [2.75, 3.05) is 6.26 Å². The van der Waals surface area contributed by atoms with E-state index in [1.54, 1.807) is 12.1 Å². The Hall–Kier alpha value is -0.870. The van der Waals surface area contributed by atoms with Gasteiger partial charge in [0.15, 0.2) is 9.84 Å². The lowest BCUT2D eigenvalue weighted by Crippen LogP contribution is -1.97. The van der Waals surface area contributed by atoms with E-state index in [4.69, 9.17) is 0 Å². The molecule has 2 aliphatic rings. The molecule has 0 amide bonds. The van der Waals surface area contributed by atoms with E-state index in [1.165, 1.54) is 6.26 Å². The molecule has 0 saturated heterocycles. The second-order valence-electron chi connectivity index (χ2n) is 3.39. The molecule has 0 aromatic heterocycles. The molecule has 0 unspecified atom stereocenters. The summed E-state index contributed by atoms with van der Waals surface area (Å²) in [5, 5.41) is 0. The first-order valence-corrected chi connectivity index (χ1v) is 7.05. The van der Waals surface area contributed by atoms with E-state index in [-0.39, 0.29) is 0 Å². The molecule has 0 N–H and O–H groups in total. The van der Waals surface area contributed by atoms with Crippen molar-refractivity contribution in [1.82, 2.24) is 0 Å². The summed E-state index contributed by atoms with van der Waals surface area (Å²) in [6, 6.07) is 10.8. The molecule has 2 rings (SSSR count). The predicted molar refractivity (Wildman–Crippen MR) is 63.9 cm³/mol. The fourth-order valence-electron chi connectivity index (χ4n) is 1.55. The maximum atomic E-state index is 11.6. The first-order chi connectivity index (χ1) is 6.98. The third-order valence-corrected chi connectivity index (χ3v) is 3.85. The minimum Gasteiger partial charge on any atom is -0.224 e. The molecule has 0 saturated carbocycles. The van der Waals surface area contributed by atoms with Gasteiger partial charge in [0, 0.05) is 16.3 Å². The van der Waals surface area contributed by atoms with Crippen molar-refractivity contribution in [3.05, 3.63) is 40.9 Å². The normalized spacial score (nSPS) is 11.9. The molecule has 78 valence electrons. The van der Waals surface area contributed by atoms with E-state index in [9.17, 15) is 8.42 Å². The molecule has 2 aliphatic carbocycles. The van der Waals surface area contributed by atoms with E-state index in [2.05, 4.69) is 15.9 Å². The van der Waals surface area contributed by atoms with Gasteiger partial charge in [-0.05, 0) is 23.8 Å². The molecule has 0 aromatic rings. The zero-order valence-corrected chi connectivity index (χ0v) is 10.5. The molecule has 0 radical (unpaired) electrons. The van der Waals surface area contributed by atoms with Crippen LogP contribution in [0.5, 0.6) is 0 Å². The van der Waals surface area contributed by atoms with Crippen LogP contribution in [0.15, 0.2) is 45.8 Å². The van der Waals surface area contributed by atoms with Crippen LogP contribution in [0.3, 0.4) is 0 Å². The fraction of sp³-hybridized carbons (Fsp3) is 0.0909. The van der Waals surface area contributed by atoms with Gasteiger partial charge in [0.1, 0.15) is 0 Å². The molecule has 0 aliphatic heterocycles. The summed E-state index contributed by atoms with van der Waals surface area (Å²) in [4.78, 5) is 0.369. The summed E-state index contributed by atoms with van der Waals surface area (Å²) in [7, 11) is -3.18. The predicted octanol–water partition coefficient (Wildman–Crippen LogP) is 2.96. The van der Waals surface area contributed by atoms with Crippen molar-refractivity contribution >= 4 is 25.8 Å². The van der Waals surface area contributed by atoms with Gasteiger partial charge in [0.05, 0.1) is 4.90 Å². The molecule has 4 heteroatoms. The van der Waals surface area contributed by atoms with Crippen molar-refractivity contribution < 1.29 is 8.42 Å². The van der Waals surface area contributed by atoms with Crippen LogP contribution >= 0.6 is 15.9 Å². The lowest BCUT2D eigenvalue weighted by molar-refractivity contribution is 0.602. The van der Waals surface area contributed by atoms with Crippen LogP contribution in [0.4, 0.5) is 0 Å². The van der Waals surface area contributed by atoms with Gasteiger partial charge in [-0.1, -0.05) is 34.1 Å². The Labute approximate surface area is 97.3 Å². The minimum atomic E-state index is -3.18. The molecule has 2 nitrogen and oxygen atoms in total. The van der Waals surface area contributed by atoms with Gasteiger partial charge in [-0.2, -0.15) is 0 Å². The van der Waals surface area contributed by atoms with E-state index >= 15 is 0 Å². The van der Waals surface area contributed by atoms with Crippen molar-refractivity contribution in [3.63, 3.8) is 0 Å². The Morgan fingerprint density at radius 2 is 1.87 bits per heavy atom. The SMILES string of the molecule is CS(=O)(=O)c1ccc(Br)cc2cccc1-2. The number of sulfone groups is 1. The van der Waals surface area contributed by atoms with Gasteiger partial charge in [0.2, 0.25) is 0 Å². The van der Waals surface area contributed by atoms with Gasteiger partial charge in [-0.15, -0.1) is 0 Å². The molecule has 0 aromatic carbocycles. The van der Waals surface area contributed by atoms with Crippen molar-refractivity contribution in [3.8, 4) is 11.1 Å². The number of fused-ring (bicyclic) bond motifs is 1. The number of halogens is 1. The first-order valence-electron chi connectivity index (χ1n) is 4.37. The summed E-state index contributed by atoms with van der Waals surface area (Å²) >= 11 is 3.35. The van der Waals surface area contributed by atoms with Crippen LogP contribution in [-0.4, -0.2) is 14.7 Å². The van der Waals surface area contributed by atoms with E-state index in [0.717, 1.165) is 15.6 Å². The molecule has 0 spiro atoms. The average Bonchev–Trinajstić information content (AvgIpc) is 2.45. The minimum absolute atomic E-state index is 0.369. The molecule has 0 heterocycles. The van der Waals surface area contributed by atoms with Crippen LogP contribution in [-0.2, 0) is 9.84 Å². The molecule has 0 bridgehead atoms. The van der Waals surface area contributed by atoms with Crippen LogP contribution in [0, 0.1) is 0 Å². The lowest BCUT2D eigenvalue weighted by Gasteiger charge is -2.00. The van der Waals surface area contributed by atoms with Crippen LogP contribution in [0.2, 0.25) is 0 Å². The number of hydrogen-bond acceptors (Lipinski definition) is 2. The third-order valence-electron chi connectivity index (χ3n) is 2.20. The Morgan fingerprint density at radius 1 is 1.13 bits per heavy atom. The summed E-state index contributed by atoms with van der Waals surface area (Å²) in [5.74, 6) is 0. The largest absolute Gasteiger partial charge is 0.224 e. The second kappa shape index (κ2) is 3.61. The summed E-state index contributed by atoms with van der Waals surface area (Å²) in [5.41, 5.74) is 1.69. The fourth-order valence-corrected chi connectivity index (χ4v) is 2.83. The third kappa shape index (κ3) is 2.06. The highest BCUT2D eigenvalue weighted by Gasteiger charge is 2.14. The van der Waals surface area contributed by atoms with Gasteiger partial charge in [-0.3, -0.25) is 0 Å². The highest BCUT2D eigenvalue weighted by Crippen LogP contribution is 2.31. The standard InChI is InChI=1S/C11H9BrO2S/c1-15(13,14)11-6-5-9(12)7-8-3-2-4-10(8)11/h2-7H,1H3. The molecule has 0 fully saturated rings. The quantitative estimate of drug-likeness (QED) is 0.807. The van der Waals surface area contributed by atoms with Gasteiger partial charge in [-0.25, -0.2) is 8.42 Å². The maximum Gasteiger partial charge on any atom is 0.176 e. The summed E-state index contributed by atoms with van der Waals surface area (Å²) in [6.07, 6.45) is 1.22. The summed E-state index contributed by atoms with van der Waals surface area (Å²) in [6.45, 7) is 0. The Morgan fingerprint density at radius 3 is 2.53 bits per heavy atom. The van der Waals surface area contributed by atoms with Gasteiger partial charge in [0.25, 0.3) is 0 Å². The van der Waals surface area contributed by atoms with Crippen molar-refractivity contribution in [2.45, 2.75) is 4.90 Å². The lowest BCUT2D eigenvalue weighted by atomic mass is 10.2. The summed E-state index contributed by atoms with van der Waals surface area (Å²) < 4.78 is 24.0. The highest BCUT2D eigenvalue weighted by molar-refractivity contribution is 9.10. The monoisotopic (exact) mass is 284 g/mol. The number of rotatable bonds is 1. The van der Waals surface area contributed by atoms with Gasteiger partial charge < -0.3 is 0 Å². The smallest absolute Gasteiger partial charge is 0.176 e. The van der Waals surface area contributed by atoms with Crippen LogP contribution < -0.4 is 0 Å². The zero-order chi connectivity index (χ0) is 11.1. The van der Waals surface area contributed by atoms with Gasteiger partial charge >= 0.3 is 0 Å². The average molecular weight is 285 g/mol. The van der Waals surface area contributed by atoms with E-state index in [0.29, 0.717) is 4.90 Å².